The van der Waals surface area contributed by atoms with Gasteiger partial charge in [0.1, 0.15) is 0 Å². The van der Waals surface area contributed by atoms with Gasteiger partial charge in [0.2, 0.25) is 10.0 Å². The molecule has 0 saturated carbocycles. The zero-order chi connectivity index (χ0) is 17.2. The van der Waals surface area contributed by atoms with Gasteiger partial charge in [-0.3, -0.25) is 4.90 Å². The molecule has 0 amide bonds. The number of ether oxygens (including phenoxy) is 1. The molecular formula is C18H28N2O3S. The average Bonchev–Trinajstić information content (AvgIpc) is 2.90. The van der Waals surface area contributed by atoms with E-state index < -0.39 is 10.0 Å². The lowest BCUT2D eigenvalue weighted by molar-refractivity contribution is 0.0344. The molecule has 6 heteroatoms. The highest BCUT2D eigenvalue weighted by Gasteiger charge is 2.47. The van der Waals surface area contributed by atoms with Gasteiger partial charge in [0.25, 0.3) is 0 Å². The van der Waals surface area contributed by atoms with Crippen molar-refractivity contribution >= 4 is 10.0 Å². The Morgan fingerprint density at radius 1 is 1.17 bits per heavy atom. The Balaban J connectivity index is 1.66. The number of piperidine rings is 1. The standard InChI is InChI=1S/C18H28N2O3S/c1-3-23-15-16-9-10-18(19(16)2)11-13-20(14-12-18)24(21,22)17-7-5-4-6-8-17/h4-8,16H,3,9-15H2,1-2H3. The van der Waals surface area contributed by atoms with E-state index in [1.54, 1.807) is 28.6 Å². The molecule has 0 bridgehead atoms. The van der Waals surface area contributed by atoms with Crippen LogP contribution in [0.15, 0.2) is 35.2 Å². The van der Waals surface area contributed by atoms with E-state index >= 15 is 0 Å². The summed E-state index contributed by atoms with van der Waals surface area (Å²) >= 11 is 0. The maximum atomic E-state index is 12.8. The molecule has 134 valence electrons. The Bertz CT molecular complexity index is 639. The van der Waals surface area contributed by atoms with Crippen molar-refractivity contribution in [3.63, 3.8) is 0 Å². The highest BCUT2D eigenvalue weighted by Crippen LogP contribution is 2.41. The minimum absolute atomic E-state index is 0.143. The van der Waals surface area contributed by atoms with Crippen LogP contribution in [0.2, 0.25) is 0 Å². The van der Waals surface area contributed by atoms with Crippen LogP contribution in [0.1, 0.15) is 32.6 Å². The maximum absolute atomic E-state index is 12.8. The van der Waals surface area contributed by atoms with Gasteiger partial charge in [-0.05, 0) is 51.8 Å². The highest BCUT2D eigenvalue weighted by atomic mass is 32.2. The zero-order valence-corrected chi connectivity index (χ0v) is 15.5. The van der Waals surface area contributed by atoms with E-state index in [1.165, 1.54) is 0 Å². The van der Waals surface area contributed by atoms with Crippen molar-refractivity contribution < 1.29 is 13.2 Å². The smallest absolute Gasteiger partial charge is 0.243 e. The van der Waals surface area contributed by atoms with Crippen molar-refractivity contribution in [2.75, 3.05) is 33.4 Å². The first kappa shape index (κ1) is 17.9. The van der Waals surface area contributed by atoms with E-state index in [0.29, 0.717) is 24.0 Å². The Labute approximate surface area is 145 Å². The van der Waals surface area contributed by atoms with E-state index in [-0.39, 0.29) is 5.54 Å². The van der Waals surface area contributed by atoms with Gasteiger partial charge in [-0.2, -0.15) is 4.31 Å². The van der Waals surface area contributed by atoms with Crippen molar-refractivity contribution in [3.05, 3.63) is 30.3 Å². The number of hydrogen-bond acceptors (Lipinski definition) is 4. The van der Waals surface area contributed by atoms with Crippen LogP contribution in [0.4, 0.5) is 0 Å². The SMILES string of the molecule is CCOCC1CCC2(CCN(S(=O)(=O)c3ccccc3)CC2)N1C. The molecule has 1 unspecified atom stereocenters. The van der Waals surface area contributed by atoms with Crippen LogP contribution < -0.4 is 0 Å². The first-order valence-corrected chi connectivity index (χ1v) is 10.3. The molecule has 1 aromatic rings. The van der Waals surface area contributed by atoms with Gasteiger partial charge in [0.05, 0.1) is 11.5 Å². The monoisotopic (exact) mass is 352 g/mol. The van der Waals surface area contributed by atoms with Gasteiger partial charge in [-0.1, -0.05) is 18.2 Å². The van der Waals surface area contributed by atoms with Gasteiger partial charge in [-0.25, -0.2) is 8.42 Å². The second-order valence-electron chi connectivity index (χ2n) is 6.90. The zero-order valence-electron chi connectivity index (χ0n) is 14.6. The lowest BCUT2D eigenvalue weighted by Crippen LogP contribution is -2.53. The molecule has 2 saturated heterocycles. The van der Waals surface area contributed by atoms with Gasteiger partial charge < -0.3 is 4.74 Å². The quantitative estimate of drug-likeness (QED) is 0.816. The summed E-state index contributed by atoms with van der Waals surface area (Å²) in [6, 6.07) is 9.22. The first-order chi connectivity index (χ1) is 11.5. The lowest BCUT2D eigenvalue weighted by atomic mass is 9.86. The third kappa shape index (κ3) is 3.25. The van der Waals surface area contributed by atoms with E-state index in [4.69, 9.17) is 4.74 Å². The molecule has 2 heterocycles. The second kappa shape index (κ2) is 7.12. The summed E-state index contributed by atoms with van der Waals surface area (Å²) in [5, 5.41) is 0. The Kier molecular flexibility index (Phi) is 5.30. The normalized spacial score (nSPS) is 25.3. The fourth-order valence-electron chi connectivity index (χ4n) is 4.13. The molecule has 2 aliphatic heterocycles. The summed E-state index contributed by atoms with van der Waals surface area (Å²) in [6.45, 7) is 4.75. The van der Waals surface area contributed by atoms with E-state index in [9.17, 15) is 8.42 Å². The molecule has 3 rings (SSSR count). The van der Waals surface area contributed by atoms with Crippen LogP contribution in [0, 0.1) is 0 Å². The number of rotatable bonds is 5. The van der Waals surface area contributed by atoms with Crippen LogP contribution in [0.5, 0.6) is 0 Å². The number of likely N-dealkylation sites (N-methyl/N-ethyl adjacent to an activating group) is 1. The number of nitrogens with zero attached hydrogens (tertiary/aromatic N) is 2. The predicted molar refractivity (Wildman–Crippen MR) is 94.4 cm³/mol. The van der Waals surface area contributed by atoms with Gasteiger partial charge in [0.15, 0.2) is 0 Å². The highest BCUT2D eigenvalue weighted by molar-refractivity contribution is 7.89. The third-order valence-electron chi connectivity index (χ3n) is 5.79. The van der Waals surface area contributed by atoms with Crippen LogP contribution in [0.25, 0.3) is 0 Å². The summed E-state index contributed by atoms with van der Waals surface area (Å²) < 4.78 is 32.8. The summed E-state index contributed by atoms with van der Waals surface area (Å²) in [5.41, 5.74) is 0.143. The number of benzene rings is 1. The molecule has 0 radical (unpaired) electrons. The van der Waals surface area contributed by atoms with Crippen molar-refractivity contribution in [2.24, 2.45) is 0 Å². The lowest BCUT2D eigenvalue weighted by Gasteiger charge is -2.44. The second-order valence-corrected chi connectivity index (χ2v) is 8.84. The molecule has 1 spiro atoms. The largest absolute Gasteiger partial charge is 0.380 e. The molecular weight excluding hydrogens is 324 g/mol. The minimum Gasteiger partial charge on any atom is -0.380 e. The summed E-state index contributed by atoms with van der Waals surface area (Å²) in [6.07, 6.45) is 4.08. The Hall–Kier alpha value is -0.950. The minimum atomic E-state index is -3.36. The molecule has 5 nitrogen and oxygen atoms in total. The van der Waals surface area contributed by atoms with Gasteiger partial charge in [-0.15, -0.1) is 0 Å². The third-order valence-corrected chi connectivity index (χ3v) is 7.70. The molecule has 1 aromatic carbocycles. The average molecular weight is 353 g/mol. The van der Waals surface area contributed by atoms with E-state index in [2.05, 4.69) is 11.9 Å². The molecule has 2 aliphatic rings. The number of sulfonamides is 1. The van der Waals surface area contributed by atoms with Gasteiger partial charge >= 0.3 is 0 Å². The number of likely N-dealkylation sites (tertiary alicyclic amines) is 1. The fraction of sp³-hybridized carbons (Fsp3) is 0.667. The van der Waals surface area contributed by atoms with Crippen molar-refractivity contribution in [2.45, 2.75) is 49.1 Å². The number of hydrogen-bond donors (Lipinski definition) is 0. The van der Waals surface area contributed by atoms with Crippen LogP contribution >= 0.6 is 0 Å². The summed E-state index contributed by atoms with van der Waals surface area (Å²) in [7, 11) is -1.18. The van der Waals surface area contributed by atoms with Crippen LogP contribution in [0.3, 0.4) is 0 Å². The molecule has 2 fully saturated rings. The van der Waals surface area contributed by atoms with Crippen molar-refractivity contribution in [1.82, 2.24) is 9.21 Å². The summed E-state index contributed by atoms with van der Waals surface area (Å²) in [4.78, 5) is 2.85. The molecule has 24 heavy (non-hydrogen) atoms. The summed E-state index contributed by atoms with van der Waals surface area (Å²) in [5.74, 6) is 0. The molecule has 1 atom stereocenters. The maximum Gasteiger partial charge on any atom is 0.243 e. The molecule has 0 N–H and O–H groups in total. The topological polar surface area (TPSA) is 49.9 Å². The molecule has 0 aliphatic carbocycles. The van der Waals surface area contributed by atoms with E-state index in [1.807, 2.05) is 13.0 Å². The van der Waals surface area contributed by atoms with E-state index in [0.717, 1.165) is 38.9 Å². The van der Waals surface area contributed by atoms with Crippen molar-refractivity contribution in [1.29, 1.82) is 0 Å². The predicted octanol–water partition coefficient (Wildman–Crippen LogP) is 2.34. The van der Waals surface area contributed by atoms with Crippen LogP contribution in [-0.4, -0.2) is 62.6 Å². The Morgan fingerprint density at radius 2 is 1.83 bits per heavy atom. The Morgan fingerprint density at radius 3 is 2.46 bits per heavy atom. The molecule has 0 aromatic heterocycles. The van der Waals surface area contributed by atoms with Crippen LogP contribution in [-0.2, 0) is 14.8 Å². The van der Waals surface area contributed by atoms with Gasteiger partial charge in [0, 0.05) is 31.3 Å². The fourth-order valence-corrected chi connectivity index (χ4v) is 5.59. The van der Waals surface area contributed by atoms with Crippen molar-refractivity contribution in [3.8, 4) is 0 Å². The first-order valence-electron chi connectivity index (χ1n) is 8.85.